The van der Waals surface area contributed by atoms with Crippen molar-refractivity contribution < 1.29 is 9.53 Å². The summed E-state index contributed by atoms with van der Waals surface area (Å²) in [4.78, 5) is 11.3. The Balaban J connectivity index is 1.55. The summed E-state index contributed by atoms with van der Waals surface area (Å²) in [6.07, 6.45) is 15.9. The predicted molar refractivity (Wildman–Crippen MR) is 96.4 cm³/mol. The van der Waals surface area contributed by atoms with Gasteiger partial charge >= 0.3 is 5.97 Å². The van der Waals surface area contributed by atoms with Crippen LogP contribution in [0.3, 0.4) is 0 Å². The normalized spacial score (nSPS) is 49.9. The van der Waals surface area contributed by atoms with E-state index in [0.717, 1.165) is 23.7 Å². The van der Waals surface area contributed by atoms with Gasteiger partial charge in [0, 0.05) is 6.92 Å². The number of hydrogen-bond donors (Lipinski definition) is 0. The number of fused-ring (bicyclic) bond motifs is 5. The van der Waals surface area contributed by atoms with Crippen molar-refractivity contribution in [2.45, 2.75) is 72.1 Å². The standard InChI is InChI=1S/C22H34O2/c1-15(23)24-14-17-8-10-19-18-9-7-16-6-4-5-12-21(16,2)20(18)11-13-22(17,19)3/h4,6,16-20H,5,7-14H2,1-3H3/t16-,17-,18+,19+,20+,21+,22-/m1/s1. The van der Waals surface area contributed by atoms with Crippen molar-refractivity contribution in [2.75, 3.05) is 6.61 Å². The molecule has 2 heteroatoms. The van der Waals surface area contributed by atoms with E-state index in [1.807, 2.05) is 0 Å². The van der Waals surface area contributed by atoms with Crippen LogP contribution in [0.5, 0.6) is 0 Å². The molecule has 24 heavy (non-hydrogen) atoms. The first kappa shape index (κ1) is 16.7. The first-order valence-corrected chi connectivity index (χ1v) is 10.2. The molecule has 134 valence electrons. The van der Waals surface area contributed by atoms with Crippen molar-refractivity contribution in [1.29, 1.82) is 0 Å². The molecular weight excluding hydrogens is 296 g/mol. The Morgan fingerprint density at radius 3 is 2.62 bits per heavy atom. The van der Waals surface area contributed by atoms with Gasteiger partial charge in [-0.2, -0.15) is 0 Å². The van der Waals surface area contributed by atoms with Gasteiger partial charge in [-0.1, -0.05) is 26.0 Å². The van der Waals surface area contributed by atoms with Gasteiger partial charge in [0.05, 0.1) is 6.61 Å². The summed E-state index contributed by atoms with van der Waals surface area (Å²) in [5, 5.41) is 0. The Morgan fingerprint density at radius 1 is 1.04 bits per heavy atom. The minimum atomic E-state index is -0.113. The molecule has 0 aromatic heterocycles. The molecule has 4 aliphatic carbocycles. The van der Waals surface area contributed by atoms with Crippen molar-refractivity contribution in [3.05, 3.63) is 12.2 Å². The quantitative estimate of drug-likeness (QED) is 0.502. The number of ether oxygens (including phenoxy) is 1. The van der Waals surface area contributed by atoms with Crippen molar-refractivity contribution in [3.63, 3.8) is 0 Å². The third-order valence-electron chi connectivity index (χ3n) is 8.84. The van der Waals surface area contributed by atoms with Crippen molar-refractivity contribution >= 4 is 5.97 Å². The topological polar surface area (TPSA) is 26.3 Å². The molecule has 0 aromatic carbocycles. The van der Waals surface area contributed by atoms with Crippen LogP contribution < -0.4 is 0 Å². The minimum Gasteiger partial charge on any atom is -0.466 e. The predicted octanol–water partition coefficient (Wildman–Crippen LogP) is 5.37. The molecule has 4 rings (SSSR count). The maximum absolute atomic E-state index is 11.3. The summed E-state index contributed by atoms with van der Waals surface area (Å²) in [7, 11) is 0. The molecule has 0 spiro atoms. The lowest BCUT2D eigenvalue weighted by atomic mass is 9.45. The summed E-state index contributed by atoms with van der Waals surface area (Å²) in [6, 6.07) is 0. The molecule has 0 radical (unpaired) electrons. The zero-order valence-corrected chi connectivity index (χ0v) is 15.7. The summed E-state index contributed by atoms with van der Waals surface area (Å²) in [5.74, 6) is 4.00. The average Bonchev–Trinajstić information content (AvgIpc) is 2.89. The van der Waals surface area contributed by atoms with E-state index in [-0.39, 0.29) is 5.97 Å². The van der Waals surface area contributed by atoms with E-state index in [4.69, 9.17) is 4.74 Å². The summed E-state index contributed by atoms with van der Waals surface area (Å²) >= 11 is 0. The van der Waals surface area contributed by atoms with Crippen LogP contribution >= 0.6 is 0 Å². The molecule has 0 heterocycles. The molecule has 0 unspecified atom stereocenters. The molecule has 3 saturated carbocycles. The lowest BCUT2D eigenvalue weighted by molar-refractivity contribution is -0.145. The molecule has 2 nitrogen and oxygen atoms in total. The molecule has 0 bridgehead atoms. The van der Waals surface area contributed by atoms with Crippen LogP contribution in [0.2, 0.25) is 0 Å². The average molecular weight is 331 g/mol. The van der Waals surface area contributed by atoms with Crippen molar-refractivity contribution in [3.8, 4) is 0 Å². The fourth-order valence-corrected chi connectivity index (χ4v) is 7.43. The molecule has 4 aliphatic rings. The maximum Gasteiger partial charge on any atom is 0.302 e. The molecule has 3 fully saturated rings. The van der Waals surface area contributed by atoms with Gasteiger partial charge in [-0.3, -0.25) is 4.79 Å². The Labute approximate surface area is 147 Å². The lowest BCUT2D eigenvalue weighted by Crippen LogP contribution is -2.52. The minimum absolute atomic E-state index is 0.113. The highest BCUT2D eigenvalue weighted by Gasteiger charge is 2.59. The van der Waals surface area contributed by atoms with E-state index in [1.165, 1.54) is 51.4 Å². The molecular formula is C22H34O2. The SMILES string of the molecule is CC(=O)OC[C@H]1CC[C@H]2[C@@H]3CC[C@H]4C=CCC[C@]4(C)[C@H]3CC[C@]12C. The second kappa shape index (κ2) is 5.88. The highest BCUT2D eigenvalue weighted by Crippen LogP contribution is 2.66. The number of allylic oxidation sites excluding steroid dienone is 2. The van der Waals surface area contributed by atoms with Gasteiger partial charge < -0.3 is 4.74 Å². The summed E-state index contributed by atoms with van der Waals surface area (Å²) in [5.41, 5.74) is 0.956. The molecule has 7 atom stereocenters. The van der Waals surface area contributed by atoms with Crippen LogP contribution in [0.1, 0.15) is 72.1 Å². The van der Waals surface area contributed by atoms with Crippen LogP contribution in [-0.4, -0.2) is 12.6 Å². The van der Waals surface area contributed by atoms with Crippen LogP contribution in [-0.2, 0) is 9.53 Å². The first-order valence-electron chi connectivity index (χ1n) is 10.2. The number of carbonyl (C=O) groups excluding carboxylic acids is 1. The van der Waals surface area contributed by atoms with E-state index in [0.29, 0.717) is 23.4 Å². The van der Waals surface area contributed by atoms with E-state index in [1.54, 1.807) is 6.92 Å². The zero-order valence-electron chi connectivity index (χ0n) is 15.7. The largest absolute Gasteiger partial charge is 0.466 e. The van der Waals surface area contributed by atoms with E-state index < -0.39 is 0 Å². The third-order valence-corrected chi connectivity index (χ3v) is 8.84. The summed E-state index contributed by atoms with van der Waals surface area (Å²) in [6.45, 7) is 7.32. The molecule has 0 aromatic rings. The Hall–Kier alpha value is -0.790. The maximum atomic E-state index is 11.3. The highest BCUT2D eigenvalue weighted by atomic mass is 16.5. The second-order valence-corrected chi connectivity index (χ2v) is 9.65. The Kier molecular flexibility index (Phi) is 4.09. The van der Waals surface area contributed by atoms with Crippen molar-refractivity contribution in [1.82, 2.24) is 0 Å². The number of hydrogen-bond acceptors (Lipinski definition) is 2. The van der Waals surface area contributed by atoms with Gasteiger partial charge in [-0.15, -0.1) is 0 Å². The Morgan fingerprint density at radius 2 is 1.83 bits per heavy atom. The number of esters is 1. The monoisotopic (exact) mass is 330 g/mol. The number of rotatable bonds is 2. The highest BCUT2D eigenvalue weighted by molar-refractivity contribution is 5.65. The van der Waals surface area contributed by atoms with Crippen LogP contribution in [0.25, 0.3) is 0 Å². The van der Waals surface area contributed by atoms with Crippen LogP contribution in [0, 0.1) is 40.4 Å². The second-order valence-electron chi connectivity index (χ2n) is 9.65. The van der Waals surface area contributed by atoms with E-state index >= 15 is 0 Å². The fourth-order valence-electron chi connectivity index (χ4n) is 7.43. The fraction of sp³-hybridized carbons (Fsp3) is 0.864. The van der Waals surface area contributed by atoms with Crippen molar-refractivity contribution in [2.24, 2.45) is 40.4 Å². The van der Waals surface area contributed by atoms with Gasteiger partial charge in [0.2, 0.25) is 0 Å². The summed E-state index contributed by atoms with van der Waals surface area (Å²) < 4.78 is 5.43. The molecule has 0 amide bonds. The zero-order chi connectivity index (χ0) is 16.9. The molecule has 0 N–H and O–H groups in total. The van der Waals surface area contributed by atoms with E-state index in [2.05, 4.69) is 26.0 Å². The van der Waals surface area contributed by atoms with Gasteiger partial charge in [0.1, 0.15) is 0 Å². The smallest absolute Gasteiger partial charge is 0.302 e. The number of carbonyl (C=O) groups is 1. The van der Waals surface area contributed by atoms with Crippen LogP contribution in [0.15, 0.2) is 12.2 Å². The third kappa shape index (κ3) is 2.39. The van der Waals surface area contributed by atoms with Gasteiger partial charge in [0.25, 0.3) is 0 Å². The lowest BCUT2D eigenvalue weighted by Gasteiger charge is -2.59. The first-order chi connectivity index (χ1) is 11.4. The molecule has 0 aliphatic heterocycles. The Bertz CT molecular complexity index is 538. The van der Waals surface area contributed by atoms with Gasteiger partial charge in [-0.25, -0.2) is 0 Å². The van der Waals surface area contributed by atoms with Gasteiger partial charge in [0.15, 0.2) is 0 Å². The van der Waals surface area contributed by atoms with Crippen LogP contribution in [0.4, 0.5) is 0 Å². The van der Waals surface area contributed by atoms with Gasteiger partial charge in [-0.05, 0) is 91.8 Å². The molecule has 0 saturated heterocycles. The van der Waals surface area contributed by atoms with E-state index in [9.17, 15) is 4.79 Å².